The van der Waals surface area contributed by atoms with Crippen LogP contribution in [-0.2, 0) is 9.68 Å². The van der Waals surface area contributed by atoms with Crippen LogP contribution in [0, 0.1) is 0 Å². The second-order valence-corrected chi connectivity index (χ2v) is 5.33. The summed E-state index contributed by atoms with van der Waals surface area (Å²) in [5.74, 6) is -0.880. The summed E-state index contributed by atoms with van der Waals surface area (Å²) in [5.41, 5.74) is 0. The molecular formula is C18H30O4. The number of unbranched alkanes of at least 4 members (excludes halogenated alkanes) is 6. The third-order valence-electron chi connectivity index (χ3n) is 3.30. The first-order valence-electron chi connectivity index (χ1n) is 8.23. The molecule has 0 aliphatic rings. The van der Waals surface area contributed by atoms with Gasteiger partial charge in [-0.1, -0.05) is 63.0 Å². The van der Waals surface area contributed by atoms with Crippen molar-refractivity contribution in [2.45, 2.75) is 70.8 Å². The zero-order valence-corrected chi connectivity index (χ0v) is 13.6. The van der Waals surface area contributed by atoms with E-state index in [1.165, 1.54) is 6.08 Å². The molecule has 4 heteroatoms. The second kappa shape index (κ2) is 16.0. The Kier molecular flexibility index (Phi) is 15.0. The van der Waals surface area contributed by atoms with E-state index < -0.39 is 5.97 Å². The van der Waals surface area contributed by atoms with E-state index in [1.807, 2.05) is 18.2 Å². The number of carboxylic acid groups (broad SMARTS) is 1. The highest BCUT2D eigenvalue weighted by Crippen LogP contribution is 2.08. The van der Waals surface area contributed by atoms with E-state index >= 15 is 0 Å². The largest absolute Gasteiger partial charge is 0.478 e. The van der Waals surface area contributed by atoms with Gasteiger partial charge >= 0.3 is 5.97 Å². The van der Waals surface area contributed by atoms with Crippen molar-refractivity contribution in [2.75, 3.05) is 0 Å². The molecule has 0 aliphatic heterocycles. The molecule has 0 saturated heterocycles. The molecule has 0 rings (SSSR count). The third-order valence-corrected chi connectivity index (χ3v) is 3.30. The summed E-state index contributed by atoms with van der Waals surface area (Å²) in [4.78, 5) is 14.7. The predicted octanol–water partition coefficient (Wildman–Crippen LogP) is 5.13. The van der Waals surface area contributed by atoms with Gasteiger partial charge in [0.25, 0.3) is 0 Å². The molecule has 0 heterocycles. The van der Waals surface area contributed by atoms with Crippen LogP contribution in [0.3, 0.4) is 0 Å². The first-order chi connectivity index (χ1) is 10.7. The fourth-order valence-corrected chi connectivity index (χ4v) is 2.03. The van der Waals surface area contributed by atoms with Gasteiger partial charge in [-0.2, -0.15) is 0 Å². The van der Waals surface area contributed by atoms with Crippen LogP contribution in [0.4, 0.5) is 0 Å². The number of allylic oxidation sites excluding steroid dienone is 4. The predicted molar refractivity (Wildman–Crippen MR) is 89.8 cm³/mol. The molecule has 0 aromatic rings. The van der Waals surface area contributed by atoms with Crippen molar-refractivity contribution in [1.82, 2.24) is 0 Å². The molecule has 126 valence electrons. The molecule has 1 unspecified atom stereocenters. The maximum absolute atomic E-state index is 10.3. The van der Waals surface area contributed by atoms with Crippen LogP contribution in [0.25, 0.3) is 0 Å². The zero-order valence-electron chi connectivity index (χ0n) is 13.6. The average molecular weight is 310 g/mol. The third kappa shape index (κ3) is 15.0. The monoisotopic (exact) mass is 310 g/mol. The van der Waals surface area contributed by atoms with E-state index in [9.17, 15) is 4.79 Å². The number of aliphatic carboxylic acids is 1. The van der Waals surface area contributed by atoms with Crippen LogP contribution >= 0.6 is 0 Å². The standard InChI is InChI=1S/C18H30O4/c1-2-3-11-14-17(22-21)15-12-9-7-5-4-6-8-10-13-16-18(19)20/h7,9,12-13,15-17,21H,2-6,8,10-11,14H2,1H3,(H,19,20). The molecule has 22 heavy (non-hydrogen) atoms. The minimum Gasteiger partial charge on any atom is -0.478 e. The van der Waals surface area contributed by atoms with Gasteiger partial charge in [-0.15, -0.1) is 0 Å². The Morgan fingerprint density at radius 1 is 1.05 bits per heavy atom. The molecule has 0 aromatic carbocycles. The van der Waals surface area contributed by atoms with Crippen molar-refractivity contribution in [3.63, 3.8) is 0 Å². The van der Waals surface area contributed by atoms with Crippen LogP contribution in [0.1, 0.15) is 64.7 Å². The normalized spacial score (nSPS) is 13.5. The molecule has 0 bridgehead atoms. The first kappa shape index (κ1) is 20.6. The minimum atomic E-state index is -0.880. The topological polar surface area (TPSA) is 66.8 Å². The fraction of sp³-hybridized carbons (Fsp3) is 0.611. The summed E-state index contributed by atoms with van der Waals surface area (Å²) in [6.07, 6.45) is 19.8. The van der Waals surface area contributed by atoms with Crippen molar-refractivity contribution in [2.24, 2.45) is 0 Å². The molecule has 0 fully saturated rings. The summed E-state index contributed by atoms with van der Waals surface area (Å²) in [5, 5.41) is 17.2. The highest BCUT2D eigenvalue weighted by Gasteiger charge is 2.02. The van der Waals surface area contributed by atoms with E-state index in [0.717, 1.165) is 57.8 Å². The summed E-state index contributed by atoms with van der Waals surface area (Å²) in [6.45, 7) is 2.15. The molecule has 4 nitrogen and oxygen atoms in total. The molecule has 0 aromatic heterocycles. The number of rotatable bonds is 14. The lowest BCUT2D eigenvalue weighted by Crippen LogP contribution is -2.06. The molecule has 0 radical (unpaired) electrons. The maximum atomic E-state index is 10.3. The summed E-state index contributed by atoms with van der Waals surface area (Å²) in [6, 6.07) is 0. The second-order valence-electron chi connectivity index (χ2n) is 5.33. The minimum absolute atomic E-state index is 0.211. The van der Waals surface area contributed by atoms with Gasteiger partial charge in [0.2, 0.25) is 0 Å². The lowest BCUT2D eigenvalue weighted by molar-refractivity contribution is -0.267. The van der Waals surface area contributed by atoms with Crippen LogP contribution in [0.5, 0.6) is 0 Å². The van der Waals surface area contributed by atoms with Gasteiger partial charge in [-0.25, -0.2) is 9.68 Å². The number of hydrogen-bond donors (Lipinski definition) is 2. The van der Waals surface area contributed by atoms with Gasteiger partial charge in [0.15, 0.2) is 0 Å². The Bertz CT molecular complexity index is 345. The lowest BCUT2D eigenvalue weighted by atomic mass is 10.1. The highest BCUT2D eigenvalue weighted by molar-refractivity contribution is 5.79. The van der Waals surface area contributed by atoms with Gasteiger partial charge in [0, 0.05) is 6.08 Å². The Morgan fingerprint density at radius 3 is 2.41 bits per heavy atom. The molecule has 0 amide bonds. The Morgan fingerprint density at radius 2 is 1.77 bits per heavy atom. The van der Waals surface area contributed by atoms with Crippen LogP contribution < -0.4 is 0 Å². The lowest BCUT2D eigenvalue weighted by Gasteiger charge is -2.07. The van der Waals surface area contributed by atoms with Crippen molar-refractivity contribution >= 4 is 5.97 Å². The smallest absolute Gasteiger partial charge is 0.327 e. The molecule has 0 saturated carbocycles. The first-order valence-corrected chi connectivity index (χ1v) is 8.23. The van der Waals surface area contributed by atoms with E-state index in [0.29, 0.717) is 0 Å². The van der Waals surface area contributed by atoms with Crippen molar-refractivity contribution in [3.8, 4) is 0 Å². The molecular weight excluding hydrogens is 280 g/mol. The quantitative estimate of drug-likeness (QED) is 0.153. The van der Waals surface area contributed by atoms with Crippen LogP contribution in [-0.4, -0.2) is 22.4 Å². The highest BCUT2D eigenvalue weighted by atomic mass is 17.1. The summed E-state index contributed by atoms with van der Waals surface area (Å²) >= 11 is 0. The van der Waals surface area contributed by atoms with Crippen molar-refractivity contribution < 1.29 is 20.0 Å². The SMILES string of the molecule is CCCCCC(C=CC=CCCCCCC=CC(=O)O)OO. The fourth-order valence-electron chi connectivity index (χ4n) is 2.03. The summed E-state index contributed by atoms with van der Waals surface area (Å²) < 4.78 is 0. The maximum Gasteiger partial charge on any atom is 0.327 e. The van der Waals surface area contributed by atoms with Crippen LogP contribution in [0.15, 0.2) is 36.5 Å². The molecule has 0 spiro atoms. The van der Waals surface area contributed by atoms with Gasteiger partial charge < -0.3 is 5.11 Å². The van der Waals surface area contributed by atoms with E-state index in [2.05, 4.69) is 17.9 Å². The van der Waals surface area contributed by atoms with Gasteiger partial charge in [0.05, 0.1) is 0 Å². The molecule has 2 N–H and O–H groups in total. The average Bonchev–Trinajstić information content (AvgIpc) is 2.50. The zero-order chi connectivity index (χ0) is 16.5. The number of carboxylic acids is 1. The molecule has 1 atom stereocenters. The Labute approximate surface area is 134 Å². The van der Waals surface area contributed by atoms with Gasteiger partial charge in [-0.05, 0) is 32.1 Å². The van der Waals surface area contributed by atoms with E-state index in [4.69, 9.17) is 10.4 Å². The van der Waals surface area contributed by atoms with E-state index in [1.54, 1.807) is 6.08 Å². The van der Waals surface area contributed by atoms with Gasteiger partial charge in [0.1, 0.15) is 6.10 Å². The van der Waals surface area contributed by atoms with Crippen LogP contribution in [0.2, 0.25) is 0 Å². The number of hydrogen-bond acceptors (Lipinski definition) is 3. The molecule has 0 aliphatic carbocycles. The number of carbonyl (C=O) groups is 1. The Hall–Kier alpha value is -1.39. The van der Waals surface area contributed by atoms with Crippen molar-refractivity contribution in [3.05, 3.63) is 36.5 Å². The van der Waals surface area contributed by atoms with E-state index in [-0.39, 0.29) is 6.10 Å². The van der Waals surface area contributed by atoms with Gasteiger partial charge in [-0.3, -0.25) is 5.26 Å². The Balaban J connectivity index is 3.59. The van der Waals surface area contributed by atoms with Crippen molar-refractivity contribution in [1.29, 1.82) is 0 Å². The summed E-state index contributed by atoms with van der Waals surface area (Å²) in [7, 11) is 0.